The van der Waals surface area contributed by atoms with Crippen molar-refractivity contribution in [3.05, 3.63) is 36.5 Å². The zero-order valence-corrected chi connectivity index (χ0v) is 15.6. The van der Waals surface area contributed by atoms with Gasteiger partial charge in [0.2, 0.25) is 10.0 Å². The lowest BCUT2D eigenvalue weighted by atomic mass is 10.2. The first kappa shape index (κ1) is 19.0. The second kappa shape index (κ2) is 8.17. The number of ether oxygens (including phenoxy) is 2. The molecule has 0 spiro atoms. The van der Waals surface area contributed by atoms with Crippen molar-refractivity contribution in [2.45, 2.75) is 18.7 Å². The summed E-state index contributed by atoms with van der Waals surface area (Å²) in [4.78, 5) is 4.38. The summed E-state index contributed by atoms with van der Waals surface area (Å²) in [5.41, 5.74) is 0.754. The summed E-state index contributed by atoms with van der Waals surface area (Å²) in [6.45, 7) is 4.46. The predicted molar refractivity (Wildman–Crippen MR) is 97.2 cm³/mol. The largest absolute Gasteiger partial charge is 0.493 e. The van der Waals surface area contributed by atoms with Crippen LogP contribution in [0.2, 0.25) is 0 Å². The van der Waals surface area contributed by atoms with Gasteiger partial charge in [-0.3, -0.25) is 0 Å². The quantitative estimate of drug-likeness (QED) is 0.775. The Balaban J connectivity index is 2.21. The number of rotatable bonds is 8. The molecule has 1 heterocycles. The molecule has 0 unspecified atom stereocenters. The van der Waals surface area contributed by atoms with E-state index in [0.29, 0.717) is 30.4 Å². The van der Waals surface area contributed by atoms with Crippen LogP contribution in [0.25, 0.3) is 0 Å². The molecule has 0 radical (unpaired) electrons. The second-order valence-electron chi connectivity index (χ2n) is 5.16. The van der Waals surface area contributed by atoms with E-state index in [1.807, 2.05) is 19.9 Å². The first-order chi connectivity index (χ1) is 12.0. The Labute approximate surface area is 148 Å². The predicted octanol–water partition coefficient (Wildman–Crippen LogP) is 2.87. The minimum absolute atomic E-state index is 0.175. The number of aromatic nitrogens is 1. The number of sulfonamides is 1. The summed E-state index contributed by atoms with van der Waals surface area (Å²) in [6, 6.07) is 8.56. The van der Waals surface area contributed by atoms with Crippen molar-refractivity contribution in [3.8, 4) is 11.5 Å². The van der Waals surface area contributed by atoms with Crippen molar-refractivity contribution in [3.63, 3.8) is 0 Å². The van der Waals surface area contributed by atoms with Gasteiger partial charge in [-0.1, -0.05) is 13.8 Å². The summed E-state index contributed by atoms with van der Waals surface area (Å²) < 4.78 is 36.8. The molecule has 1 N–H and O–H groups in total. The van der Waals surface area contributed by atoms with Crippen LogP contribution in [0.5, 0.6) is 11.5 Å². The van der Waals surface area contributed by atoms with E-state index in [2.05, 4.69) is 10.3 Å². The van der Waals surface area contributed by atoms with Crippen LogP contribution < -0.4 is 14.8 Å². The van der Waals surface area contributed by atoms with Gasteiger partial charge < -0.3 is 14.8 Å². The zero-order chi connectivity index (χ0) is 18.4. The van der Waals surface area contributed by atoms with Gasteiger partial charge in [-0.2, -0.15) is 4.31 Å². The van der Waals surface area contributed by atoms with E-state index >= 15 is 0 Å². The van der Waals surface area contributed by atoms with Crippen molar-refractivity contribution in [1.29, 1.82) is 0 Å². The molecule has 0 saturated heterocycles. The van der Waals surface area contributed by atoms with Crippen LogP contribution >= 0.6 is 0 Å². The van der Waals surface area contributed by atoms with Gasteiger partial charge in [0.15, 0.2) is 11.5 Å². The molecular formula is C17H23N3O4S. The van der Waals surface area contributed by atoms with E-state index in [1.165, 1.54) is 10.5 Å². The lowest BCUT2D eigenvalue weighted by Crippen LogP contribution is -2.30. The van der Waals surface area contributed by atoms with Gasteiger partial charge in [-0.15, -0.1) is 0 Å². The lowest BCUT2D eigenvalue weighted by Gasteiger charge is -2.18. The monoisotopic (exact) mass is 365 g/mol. The SMILES string of the molecule is CCN(CC)S(=O)(=O)c1ccc(Nc2ccc(OC)c(OC)c2)nc1. The fourth-order valence-electron chi connectivity index (χ4n) is 2.38. The number of hydrogen-bond donors (Lipinski definition) is 1. The minimum atomic E-state index is -3.50. The Hall–Kier alpha value is -2.32. The molecule has 0 saturated carbocycles. The third-order valence-corrected chi connectivity index (χ3v) is 5.77. The van der Waals surface area contributed by atoms with Crippen LogP contribution in [0, 0.1) is 0 Å². The zero-order valence-electron chi connectivity index (χ0n) is 14.8. The van der Waals surface area contributed by atoms with Crippen molar-refractivity contribution in [2.75, 3.05) is 32.6 Å². The highest BCUT2D eigenvalue weighted by Crippen LogP contribution is 2.30. The molecule has 2 rings (SSSR count). The van der Waals surface area contributed by atoms with E-state index < -0.39 is 10.0 Å². The van der Waals surface area contributed by atoms with Crippen molar-refractivity contribution >= 4 is 21.5 Å². The van der Waals surface area contributed by atoms with Crippen LogP contribution in [0.15, 0.2) is 41.4 Å². The Morgan fingerprint density at radius 1 is 1.04 bits per heavy atom. The molecule has 0 fully saturated rings. The summed E-state index contributed by atoms with van der Waals surface area (Å²) in [5.74, 6) is 1.75. The highest BCUT2D eigenvalue weighted by atomic mass is 32.2. The number of nitrogens with one attached hydrogen (secondary N) is 1. The van der Waals surface area contributed by atoms with Crippen molar-refractivity contribution in [2.24, 2.45) is 0 Å². The van der Waals surface area contributed by atoms with Crippen LogP contribution in [0.1, 0.15) is 13.8 Å². The molecule has 0 bridgehead atoms. The van der Waals surface area contributed by atoms with E-state index in [0.717, 1.165) is 5.69 Å². The molecule has 7 nitrogen and oxygen atoms in total. The molecule has 8 heteroatoms. The van der Waals surface area contributed by atoms with Gasteiger partial charge in [0.1, 0.15) is 10.7 Å². The number of hydrogen-bond acceptors (Lipinski definition) is 6. The summed E-state index contributed by atoms with van der Waals surface area (Å²) in [5, 5.41) is 3.11. The van der Waals surface area contributed by atoms with E-state index in [1.54, 1.807) is 38.5 Å². The van der Waals surface area contributed by atoms with E-state index in [4.69, 9.17) is 9.47 Å². The fourth-order valence-corrected chi connectivity index (χ4v) is 3.79. The van der Waals surface area contributed by atoms with Crippen molar-refractivity contribution < 1.29 is 17.9 Å². The first-order valence-electron chi connectivity index (χ1n) is 7.91. The maximum Gasteiger partial charge on any atom is 0.244 e. The number of methoxy groups -OCH3 is 2. The van der Waals surface area contributed by atoms with Crippen LogP contribution in [0.4, 0.5) is 11.5 Å². The molecule has 2 aromatic rings. The molecule has 0 aliphatic carbocycles. The van der Waals surface area contributed by atoms with Gasteiger partial charge in [-0.05, 0) is 24.3 Å². The minimum Gasteiger partial charge on any atom is -0.493 e. The molecule has 0 aliphatic rings. The van der Waals surface area contributed by atoms with Crippen LogP contribution in [0.3, 0.4) is 0 Å². The first-order valence-corrected chi connectivity index (χ1v) is 9.35. The number of benzene rings is 1. The summed E-state index contributed by atoms with van der Waals surface area (Å²) in [7, 11) is -0.371. The van der Waals surface area contributed by atoms with E-state index in [-0.39, 0.29) is 4.90 Å². The number of pyridine rings is 1. The average molecular weight is 365 g/mol. The summed E-state index contributed by atoms with van der Waals surface area (Å²) >= 11 is 0. The molecular weight excluding hydrogens is 342 g/mol. The molecule has 1 aromatic carbocycles. The highest BCUT2D eigenvalue weighted by molar-refractivity contribution is 7.89. The van der Waals surface area contributed by atoms with Gasteiger partial charge in [-0.25, -0.2) is 13.4 Å². The topological polar surface area (TPSA) is 80.8 Å². The molecule has 0 aliphatic heterocycles. The highest BCUT2D eigenvalue weighted by Gasteiger charge is 2.21. The Morgan fingerprint density at radius 3 is 2.24 bits per heavy atom. The van der Waals surface area contributed by atoms with Gasteiger partial charge in [0, 0.05) is 31.0 Å². The third-order valence-electron chi connectivity index (χ3n) is 3.74. The maximum absolute atomic E-state index is 12.5. The molecule has 0 amide bonds. The van der Waals surface area contributed by atoms with Crippen molar-refractivity contribution in [1.82, 2.24) is 9.29 Å². The smallest absolute Gasteiger partial charge is 0.244 e. The molecule has 25 heavy (non-hydrogen) atoms. The normalized spacial score (nSPS) is 11.4. The fraction of sp³-hybridized carbons (Fsp3) is 0.353. The number of nitrogens with zero attached hydrogens (tertiary/aromatic N) is 2. The van der Waals surface area contributed by atoms with Crippen LogP contribution in [-0.4, -0.2) is 45.0 Å². The molecule has 0 atom stereocenters. The summed E-state index contributed by atoms with van der Waals surface area (Å²) in [6.07, 6.45) is 1.36. The second-order valence-corrected chi connectivity index (χ2v) is 7.10. The Morgan fingerprint density at radius 2 is 1.72 bits per heavy atom. The molecule has 1 aromatic heterocycles. The number of anilines is 2. The van der Waals surface area contributed by atoms with Gasteiger partial charge in [0.05, 0.1) is 14.2 Å². The maximum atomic E-state index is 12.5. The standard InChI is InChI=1S/C17H23N3O4S/c1-5-20(6-2)25(21,22)14-8-10-17(18-12-14)19-13-7-9-15(23-3)16(11-13)24-4/h7-12H,5-6H2,1-4H3,(H,18,19). The third kappa shape index (κ3) is 4.21. The molecule has 136 valence electrons. The van der Waals surface area contributed by atoms with Crippen LogP contribution in [-0.2, 0) is 10.0 Å². The Kier molecular flexibility index (Phi) is 6.22. The van der Waals surface area contributed by atoms with Gasteiger partial charge in [0.25, 0.3) is 0 Å². The average Bonchev–Trinajstić information content (AvgIpc) is 2.62. The van der Waals surface area contributed by atoms with Gasteiger partial charge >= 0.3 is 0 Å². The van der Waals surface area contributed by atoms with E-state index in [9.17, 15) is 8.42 Å². The lowest BCUT2D eigenvalue weighted by molar-refractivity contribution is 0.355. The Bertz CT molecular complexity index is 803.